The molecule has 0 atom stereocenters. The Morgan fingerprint density at radius 1 is 1.00 bits per heavy atom. The number of carbonyl (C=O) groups excluding carboxylic acids is 2. The average molecular weight is 309 g/mol. The first-order valence-corrected chi connectivity index (χ1v) is 7.03. The van der Waals surface area contributed by atoms with Crippen LogP contribution in [0.2, 0.25) is 0 Å². The first-order valence-electron chi connectivity index (χ1n) is 7.03. The van der Waals surface area contributed by atoms with Crippen LogP contribution in [0.25, 0.3) is 5.52 Å². The molecule has 0 saturated carbocycles. The lowest BCUT2D eigenvalue weighted by molar-refractivity contribution is 0.0603. The first kappa shape index (κ1) is 14.8. The van der Waals surface area contributed by atoms with Crippen LogP contribution in [0.5, 0.6) is 5.75 Å². The average Bonchev–Trinajstić information content (AvgIpc) is 2.99. The molecule has 0 saturated heterocycles. The van der Waals surface area contributed by atoms with Crippen molar-refractivity contribution in [2.24, 2.45) is 0 Å². The minimum Gasteiger partial charge on any atom is -0.497 e. The molecular formula is C18H15NO4. The van der Waals surface area contributed by atoms with Gasteiger partial charge in [-0.3, -0.25) is 4.79 Å². The predicted octanol–water partition coefficient (Wildman–Crippen LogP) is 2.97. The monoisotopic (exact) mass is 309 g/mol. The Morgan fingerprint density at radius 3 is 2.39 bits per heavy atom. The molecule has 0 amide bonds. The lowest BCUT2D eigenvalue weighted by atomic mass is 10.1. The number of esters is 1. The summed E-state index contributed by atoms with van der Waals surface area (Å²) in [6.45, 7) is 0. The van der Waals surface area contributed by atoms with E-state index >= 15 is 0 Å². The Morgan fingerprint density at radius 2 is 1.74 bits per heavy atom. The molecule has 0 aliphatic carbocycles. The SMILES string of the molecule is COC(=O)c1cc(C(=O)c2ccccc2)n2ccc(OC)cc12. The predicted molar refractivity (Wildman–Crippen MR) is 85.2 cm³/mol. The van der Waals surface area contributed by atoms with Crippen molar-refractivity contribution in [1.82, 2.24) is 4.40 Å². The molecule has 23 heavy (non-hydrogen) atoms. The zero-order chi connectivity index (χ0) is 16.4. The maximum atomic E-state index is 12.7. The van der Waals surface area contributed by atoms with Crippen LogP contribution in [0.15, 0.2) is 54.7 Å². The highest BCUT2D eigenvalue weighted by Crippen LogP contribution is 2.24. The maximum absolute atomic E-state index is 12.7. The number of pyridine rings is 1. The van der Waals surface area contributed by atoms with Gasteiger partial charge in [0.2, 0.25) is 5.78 Å². The van der Waals surface area contributed by atoms with Crippen molar-refractivity contribution in [3.8, 4) is 5.75 Å². The molecule has 0 fully saturated rings. The number of ether oxygens (including phenoxy) is 2. The summed E-state index contributed by atoms with van der Waals surface area (Å²) in [7, 11) is 2.85. The fraction of sp³-hybridized carbons (Fsp3) is 0.111. The lowest BCUT2D eigenvalue weighted by Gasteiger charge is -2.05. The Labute approximate surface area is 133 Å². The summed E-state index contributed by atoms with van der Waals surface area (Å²) in [6.07, 6.45) is 1.71. The number of carbonyl (C=O) groups is 2. The van der Waals surface area contributed by atoms with Crippen molar-refractivity contribution >= 4 is 17.3 Å². The van der Waals surface area contributed by atoms with E-state index in [0.717, 1.165) is 0 Å². The number of methoxy groups -OCH3 is 2. The van der Waals surface area contributed by atoms with E-state index in [1.165, 1.54) is 7.11 Å². The number of nitrogens with zero attached hydrogens (tertiary/aromatic N) is 1. The number of ketones is 1. The van der Waals surface area contributed by atoms with Gasteiger partial charge in [-0.25, -0.2) is 4.79 Å². The van der Waals surface area contributed by atoms with Gasteiger partial charge >= 0.3 is 5.97 Å². The van der Waals surface area contributed by atoms with Gasteiger partial charge in [0.15, 0.2) is 0 Å². The quantitative estimate of drug-likeness (QED) is 0.549. The standard InChI is InChI=1S/C18H15NO4/c1-22-13-8-9-19-15(10-13)14(18(21)23-2)11-16(19)17(20)12-6-4-3-5-7-12/h3-11H,1-2H3. The number of rotatable bonds is 4. The van der Waals surface area contributed by atoms with Crippen LogP contribution in [0.4, 0.5) is 0 Å². The van der Waals surface area contributed by atoms with Crippen LogP contribution in [-0.4, -0.2) is 30.4 Å². The smallest absolute Gasteiger partial charge is 0.340 e. The van der Waals surface area contributed by atoms with Crippen LogP contribution in [0.3, 0.4) is 0 Å². The lowest BCUT2D eigenvalue weighted by Crippen LogP contribution is -2.04. The fourth-order valence-electron chi connectivity index (χ4n) is 2.49. The van der Waals surface area contributed by atoms with Crippen molar-refractivity contribution in [1.29, 1.82) is 0 Å². The van der Waals surface area contributed by atoms with Gasteiger partial charge in [-0.15, -0.1) is 0 Å². The van der Waals surface area contributed by atoms with Gasteiger partial charge in [-0.05, 0) is 12.1 Å². The van der Waals surface area contributed by atoms with E-state index in [1.54, 1.807) is 60.2 Å². The molecular weight excluding hydrogens is 294 g/mol. The zero-order valence-electron chi connectivity index (χ0n) is 12.8. The van der Waals surface area contributed by atoms with Crippen molar-refractivity contribution in [3.05, 3.63) is 71.5 Å². The Kier molecular flexibility index (Phi) is 3.85. The first-order chi connectivity index (χ1) is 11.2. The molecule has 5 nitrogen and oxygen atoms in total. The third-order valence-electron chi connectivity index (χ3n) is 3.65. The van der Waals surface area contributed by atoms with Gasteiger partial charge in [-0.1, -0.05) is 30.3 Å². The summed E-state index contributed by atoms with van der Waals surface area (Å²) in [5.41, 5.74) is 1.84. The zero-order valence-corrected chi connectivity index (χ0v) is 12.8. The molecule has 0 aliphatic rings. The van der Waals surface area contributed by atoms with Crippen LogP contribution in [0, 0.1) is 0 Å². The molecule has 0 spiro atoms. The Bertz CT molecular complexity index is 881. The molecule has 116 valence electrons. The van der Waals surface area contributed by atoms with Gasteiger partial charge < -0.3 is 13.9 Å². The molecule has 3 aromatic rings. The molecule has 2 aromatic heterocycles. The van der Waals surface area contributed by atoms with E-state index in [0.29, 0.717) is 28.1 Å². The van der Waals surface area contributed by atoms with Crippen molar-refractivity contribution in [3.63, 3.8) is 0 Å². The second-order valence-corrected chi connectivity index (χ2v) is 4.95. The van der Waals surface area contributed by atoms with Gasteiger partial charge in [0.25, 0.3) is 0 Å². The van der Waals surface area contributed by atoms with E-state index in [-0.39, 0.29) is 5.78 Å². The van der Waals surface area contributed by atoms with Crippen LogP contribution >= 0.6 is 0 Å². The number of fused-ring (bicyclic) bond motifs is 1. The third-order valence-corrected chi connectivity index (χ3v) is 3.65. The molecule has 3 rings (SSSR count). The molecule has 0 aliphatic heterocycles. The number of hydrogen-bond donors (Lipinski definition) is 0. The topological polar surface area (TPSA) is 57.0 Å². The van der Waals surface area contributed by atoms with Gasteiger partial charge in [0.1, 0.15) is 5.75 Å². The normalized spacial score (nSPS) is 10.5. The number of benzene rings is 1. The molecule has 5 heteroatoms. The number of aromatic nitrogens is 1. The molecule has 0 N–H and O–H groups in total. The highest BCUT2D eigenvalue weighted by Gasteiger charge is 2.21. The molecule has 0 unspecified atom stereocenters. The van der Waals surface area contributed by atoms with E-state index in [4.69, 9.17) is 9.47 Å². The summed E-state index contributed by atoms with van der Waals surface area (Å²) < 4.78 is 11.7. The summed E-state index contributed by atoms with van der Waals surface area (Å²) in [5.74, 6) is -0.0664. The Hall–Kier alpha value is -3.08. The molecule has 0 bridgehead atoms. The van der Waals surface area contributed by atoms with Gasteiger partial charge in [0.05, 0.1) is 31.0 Å². The van der Waals surface area contributed by atoms with Gasteiger partial charge in [0, 0.05) is 17.8 Å². The minimum atomic E-state index is -0.497. The fourth-order valence-corrected chi connectivity index (χ4v) is 2.49. The molecule has 1 aromatic carbocycles. The Balaban J connectivity index is 2.21. The second-order valence-electron chi connectivity index (χ2n) is 4.95. The summed E-state index contributed by atoms with van der Waals surface area (Å²) >= 11 is 0. The summed E-state index contributed by atoms with van der Waals surface area (Å²) in [4.78, 5) is 24.7. The molecule has 2 heterocycles. The number of hydrogen-bond acceptors (Lipinski definition) is 4. The van der Waals surface area contributed by atoms with Crippen molar-refractivity contribution < 1.29 is 19.1 Å². The largest absolute Gasteiger partial charge is 0.497 e. The van der Waals surface area contributed by atoms with Gasteiger partial charge in [-0.2, -0.15) is 0 Å². The minimum absolute atomic E-state index is 0.166. The van der Waals surface area contributed by atoms with E-state index in [2.05, 4.69) is 0 Å². The maximum Gasteiger partial charge on any atom is 0.340 e. The molecule has 0 radical (unpaired) electrons. The van der Waals surface area contributed by atoms with Crippen LogP contribution < -0.4 is 4.74 Å². The van der Waals surface area contributed by atoms with E-state index in [9.17, 15) is 9.59 Å². The highest BCUT2D eigenvalue weighted by atomic mass is 16.5. The third kappa shape index (κ3) is 2.57. The van der Waals surface area contributed by atoms with E-state index in [1.807, 2.05) is 6.07 Å². The van der Waals surface area contributed by atoms with Crippen molar-refractivity contribution in [2.45, 2.75) is 0 Å². The summed E-state index contributed by atoms with van der Waals surface area (Å²) in [6, 6.07) is 13.9. The van der Waals surface area contributed by atoms with Crippen molar-refractivity contribution in [2.75, 3.05) is 14.2 Å². The van der Waals surface area contributed by atoms with Crippen LogP contribution in [-0.2, 0) is 4.74 Å². The van der Waals surface area contributed by atoms with E-state index < -0.39 is 5.97 Å². The second kappa shape index (κ2) is 5.96. The summed E-state index contributed by atoms with van der Waals surface area (Å²) in [5, 5.41) is 0. The highest BCUT2D eigenvalue weighted by molar-refractivity contribution is 6.11. The van der Waals surface area contributed by atoms with Crippen LogP contribution in [0.1, 0.15) is 26.4 Å².